The van der Waals surface area contributed by atoms with Gasteiger partial charge in [-0.15, -0.1) is 0 Å². The standard InChI is InChI=1S/C26H20N2O/c27-24(17-28-20-7-2-1-3-8-20)19-15-13-18(14-16-19)21-10-6-11-23-22-9-4-5-12-25(22)29-26(21)23/h1-17,28H,27H2/b24-17-. The quantitative estimate of drug-likeness (QED) is 0.370. The average molecular weight is 376 g/mol. The Kier molecular flexibility index (Phi) is 4.26. The minimum atomic E-state index is 0.683. The smallest absolute Gasteiger partial charge is 0.143 e. The Labute approximate surface area is 169 Å². The molecule has 4 aromatic carbocycles. The first-order valence-electron chi connectivity index (χ1n) is 9.58. The maximum absolute atomic E-state index is 6.25. The molecule has 1 aromatic heterocycles. The molecule has 3 heteroatoms. The van der Waals surface area contributed by atoms with Gasteiger partial charge in [0.05, 0.1) is 5.70 Å². The third kappa shape index (κ3) is 3.23. The third-order valence-electron chi connectivity index (χ3n) is 5.10. The Hall–Kier alpha value is -3.98. The van der Waals surface area contributed by atoms with E-state index < -0.39 is 0 Å². The van der Waals surface area contributed by atoms with E-state index in [2.05, 4.69) is 41.7 Å². The van der Waals surface area contributed by atoms with Gasteiger partial charge in [0.1, 0.15) is 11.2 Å². The fourth-order valence-corrected chi connectivity index (χ4v) is 3.60. The van der Waals surface area contributed by atoms with Crippen molar-refractivity contribution in [3.05, 3.63) is 109 Å². The second-order valence-electron chi connectivity index (χ2n) is 6.97. The highest BCUT2D eigenvalue weighted by molar-refractivity contribution is 6.09. The molecule has 5 rings (SSSR count). The van der Waals surface area contributed by atoms with Crippen LogP contribution >= 0.6 is 0 Å². The van der Waals surface area contributed by atoms with Crippen LogP contribution < -0.4 is 11.1 Å². The van der Waals surface area contributed by atoms with Crippen LogP contribution in [0.5, 0.6) is 0 Å². The van der Waals surface area contributed by atoms with Crippen LogP contribution in [-0.2, 0) is 0 Å². The van der Waals surface area contributed by atoms with E-state index in [4.69, 9.17) is 10.2 Å². The Morgan fingerprint density at radius 3 is 2.28 bits per heavy atom. The minimum Gasteiger partial charge on any atom is -0.455 e. The molecule has 0 radical (unpaired) electrons. The van der Waals surface area contributed by atoms with Crippen LogP contribution in [0.4, 0.5) is 5.69 Å². The number of anilines is 1. The van der Waals surface area contributed by atoms with E-state index in [1.54, 1.807) is 0 Å². The molecule has 0 atom stereocenters. The SMILES string of the molecule is N/C(=C\Nc1ccccc1)c1ccc(-c2cccc3c2oc2ccccc23)cc1. The van der Waals surface area contributed by atoms with Gasteiger partial charge in [-0.3, -0.25) is 0 Å². The van der Waals surface area contributed by atoms with Crippen molar-refractivity contribution in [2.75, 3.05) is 5.32 Å². The predicted molar refractivity (Wildman–Crippen MR) is 121 cm³/mol. The van der Waals surface area contributed by atoms with Gasteiger partial charge in [0.25, 0.3) is 0 Å². The van der Waals surface area contributed by atoms with Crippen LogP contribution in [-0.4, -0.2) is 0 Å². The van der Waals surface area contributed by atoms with Crippen LogP contribution in [0, 0.1) is 0 Å². The topological polar surface area (TPSA) is 51.2 Å². The van der Waals surface area contributed by atoms with Gasteiger partial charge in [-0.05, 0) is 29.3 Å². The molecule has 0 aliphatic heterocycles. The summed E-state index contributed by atoms with van der Waals surface area (Å²) in [7, 11) is 0. The number of nitrogens with two attached hydrogens (primary N) is 1. The molecule has 0 aliphatic rings. The third-order valence-corrected chi connectivity index (χ3v) is 5.10. The van der Waals surface area contributed by atoms with Gasteiger partial charge < -0.3 is 15.5 Å². The fourth-order valence-electron chi connectivity index (χ4n) is 3.60. The molecular formula is C26H20N2O. The largest absolute Gasteiger partial charge is 0.455 e. The lowest BCUT2D eigenvalue weighted by Gasteiger charge is -2.07. The molecule has 0 bridgehead atoms. The van der Waals surface area contributed by atoms with Crippen LogP contribution in [0.1, 0.15) is 5.56 Å². The molecule has 140 valence electrons. The maximum atomic E-state index is 6.25. The molecule has 0 fully saturated rings. The normalized spacial score (nSPS) is 11.8. The van der Waals surface area contributed by atoms with Crippen molar-refractivity contribution in [3.8, 4) is 11.1 Å². The number of furan rings is 1. The van der Waals surface area contributed by atoms with Crippen molar-refractivity contribution in [2.45, 2.75) is 0 Å². The second kappa shape index (κ2) is 7.21. The van der Waals surface area contributed by atoms with Crippen molar-refractivity contribution in [2.24, 2.45) is 5.73 Å². The van der Waals surface area contributed by atoms with Crippen molar-refractivity contribution in [3.63, 3.8) is 0 Å². The average Bonchev–Trinajstić information content (AvgIpc) is 3.17. The van der Waals surface area contributed by atoms with Crippen molar-refractivity contribution < 1.29 is 4.42 Å². The van der Waals surface area contributed by atoms with Crippen LogP contribution in [0.15, 0.2) is 108 Å². The molecule has 0 aliphatic carbocycles. The summed E-state index contributed by atoms with van der Waals surface area (Å²) in [6, 6.07) is 32.6. The number of hydrogen-bond donors (Lipinski definition) is 2. The summed E-state index contributed by atoms with van der Waals surface area (Å²) < 4.78 is 6.16. The molecule has 0 saturated heterocycles. The monoisotopic (exact) mass is 376 g/mol. The first-order valence-corrected chi connectivity index (χ1v) is 9.58. The first kappa shape index (κ1) is 17.1. The van der Waals surface area contributed by atoms with E-state index in [0.29, 0.717) is 5.70 Å². The molecule has 1 heterocycles. The molecular weight excluding hydrogens is 356 g/mol. The first-order chi connectivity index (χ1) is 14.3. The van der Waals surface area contributed by atoms with Crippen LogP contribution in [0.3, 0.4) is 0 Å². The van der Waals surface area contributed by atoms with Crippen molar-refractivity contribution >= 4 is 33.3 Å². The lowest BCUT2D eigenvalue weighted by molar-refractivity contribution is 0.670. The minimum absolute atomic E-state index is 0.683. The highest BCUT2D eigenvalue weighted by Crippen LogP contribution is 2.35. The Morgan fingerprint density at radius 2 is 1.45 bits per heavy atom. The molecule has 29 heavy (non-hydrogen) atoms. The van der Waals surface area contributed by atoms with E-state index in [9.17, 15) is 0 Å². The van der Waals surface area contributed by atoms with Crippen molar-refractivity contribution in [1.82, 2.24) is 0 Å². The summed E-state index contributed by atoms with van der Waals surface area (Å²) in [5, 5.41) is 5.50. The van der Waals surface area contributed by atoms with Gasteiger partial charge in [0.15, 0.2) is 0 Å². The zero-order valence-corrected chi connectivity index (χ0v) is 15.8. The number of nitrogens with one attached hydrogen (secondary N) is 1. The Bertz CT molecular complexity index is 1320. The summed E-state index contributed by atoms with van der Waals surface area (Å²) >= 11 is 0. The van der Waals surface area contributed by atoms with Gasteiger partial charge in [0.2, 0.25) is 0 Å². The second-order valence-corrected chi connectivity index (χ2v) is 6.97. The van der Waals surface area contributed by atoms with Gasteiger partial charge in [-0.2, -0.15) is 0 Å². The van der Waals surface area contributed by atoms with Crippen molar-refractivity contribution in [1.29, 1.82) is 0 Å². The van der Waals surface area contributed by atoms with Gasteiger partial charge in [-0.25, -0.2) is 0 Å². The summed E-state index contributed by atoms with van der Waals surface area (Å²) in [5.74, 6) is 0. The van der Waals surface area contributed by atoms with E-state index in [1.807, 2.05) is 66.9 Å². The molecule has 0 unspecified atom stereocenters. The fraction of sp³-hybridized carbons (Fsp3) is 0. The highest BCUT2D eigenvalue weighted by Gasteiger charge is 2.11. The van der Waals surface area contributed by atoms with E-state index >= 15 is 0 Å². The van der Waals surface area contributed by atoms with E-state index in [1.165, 1.54) is 0 Å². The van der Waals surface area contributed by atoms with Gasteiger partial charge in [0, 0.05) is 28.2 Å². The number of fused-ring (bicyclic) bond motifs is 3. The summed E-state index contributed by atoms with van der Waals surface area (Å²) in [6.07, 6.45) is 1.82. The van der Waals surface area contributed by atoms with Crippen LogP contribution in [0.2, 0.25) is 0 Å². The Morgan fingerprint density at radius 1 is 0.724 bits per heavy atom. The molecule has 0 saturated carbocycles. The number of para-hydroxylation sites is 3. The number of benzene rings is 4. The zero-order chi connectivity index (χ0) is 19.6. The lowest BCUT2D eigenvalue weighted by atomic mass is 10.0. The number of rotatable bonds is 4. The lowest BCUT2D eigenvalue weighted by Crippen LogP contribution is -2.00. The summed E-state index contributed by atoms with van der Waals surface area (Å²) in [4.78, 5) is 0. The van der Waals surface area contributed by atoms with Crippen LogP contribution in [0.25, 0.3) is 38.8 Å². The maximum Gasteiger partial charge on any atom is 0.143 e. The molecule has 0 spiro atoms. The van der Waals surface area contributed by atoms with Gasteiger partial charge >= 0.3 is 0 Å². The van der Waals surface area contributed by atoms with Gasteiger partial charge in [-0.1, -0.05) is 78.9 Å². The van der Waals surface area contributed by atoms with E-state index in [-0.39, 0.29) is 0 Å². The summed E-state index contributed by atoms with van der Waals surface area (Å²) in [6.45, 7) is 0. The zero-order valence-electron chi connectivity index (χ0n) is 15.8. The molecule has 0 amide bonds. The predicted octanol–water partition coefficient (Wildman–Crippen LogP) is 6.62. The summed E-state index contributed by atoms with van der Waals surface area (Å²) in [5.41, 5.74) is 12.9. The number of hydrogen-bond acceptors (Lipinski definition) is 3. The van der Waals surface area contributed by atoms with E-state index in [0.717, 1.165) is 44.3 Å². The molecule has 3 N–H and O–H groups in total. The Balaban J connectivity index is 1.47. The molecule has 3 nitrogen and oxygen atoms in total. The highest BCUT2D eigenvalue weighted by atomic mass is 16.3. The molecule has 5 aromatic rings.